The average Bonchev–Trinajstić information content (AvgIpc) is 1.83. The normalized spacial score (nSPS) is 13.7. The van der Waals surface area contributed by atoms with E-state index in [1.165, 1.54) is 5.57 Å². The van der Waals surface area contributed by atoms with Crippen molar-refractivity contribution in [3.8, 4) is 0 Å². The van der Waals surface area contributed by atoms with Crippen LogP contribution in [0, 0.1) is 0 Å². The second-order valence-electron chi connectivity index (χ2n) is 2.40. The first-order valence-corrected chi connectivity index (χ1v) is 3.33. The van der Waals surface area contributed by atoms with E-state index in [2.05, 4.69) is 18.8 Å². The summed E-state index contributed by atoms with van der Waals surface area (Å²) < 4.78 is 0. The Morgan fingerprint density at radius 2 is 2.00 bits per heavy atom. The summed E-state index contributed by atoms with van der Waals surface area (Å²) in [5.41, 5.74) is 1.23. The summed E-state index contributed by atoms with van der Waals surface area (Å²) in [5.74, 6) is 0. The second-order valence-corrected chi connectivity index (χ2v) is 2.40. The van der Waals surface area contributed by atoms with Gasteiger partial charge in [-0.25, -0.2) is 0 Å². The molecule has 9 heavy (non-hydrogen) atoms. The molecule has 0 aromatic carbocycles. The molecule has 0 aliphatic carbocycles. The quantitative estimate of drug-likeness (QED) is 0.503. The van der Waals surface area contributed by atoms with Gasteiger partial charge in [0.25, 0.3) is 0 Å². The van der Waals surface area contributed by atoms with Gasteiger partial charge < -0.3 is 0 Å². The number of hydrogen-bond donors (Lipinski definition) is 0. The number of rotatable bonds is 2. The fourth-order valence-electron chi connectivity index (χ4n) is 0.341. The maximum Gasteiger partial charge on any atom is 0.0443 e. The van der Waals surface area contributed by atoms with Crippen LogP contribution in [0.4, 0.5) is 0 Å². The van der Waals surface area contributed by atoms with Crippen LogP contribution in [0.15, 0.2) is 16.6 Å². The van der Waals surface area contributed by atoms with Crippen LogP contribution in [0.5, 0.6) is 0 Å². The van der Waals surface area contributed by atoms with Gasteiger partial charge >= 0.3 is 0 Å². The van der Waals surface area contributed by atoms with E-state index in [1.54, 1.807) is 0 Å². The standard InChI is InChI=1S/C8H15N/c1-5-8(4)6-9-7(2)3/h5-7H,1-4H3. The van der Waals surface area contributed by atoms with E-state index in [0.29, 0.717) is 6.04 Å². The molecule has 0 bridgehead atoms. The van der Waals surface area contributed by atoms with Crippen LogP contribution in [0.2, 0.25) is 0 Å². The largest absolute Gasteiger partial charge is 0.290 e. The molecule has 0 amide bonds. The molecule has 0 N–H and O–H groups in total. The van der Waals surface area contributed by atoms with Crippen LogP contribution >= 0.6 is 0 Å². The van der Waals surface area contributed by atoms with Crippen molar-refractivity contribution < 1.29 is 0 Å². The molecule has 0 aromatic heterocycles. The summed E-state index contributed by atoms with van der Waals surface area (Å²) in [4.78, 5) is 4.20. The van der Waals surface area contributed by atoms with Crippen molar-refractivity contribution in [2.24, 2.45) is 4.99 Å². The van der Waals surface area contributed by atoms with E-state index in [9.17, 15) is 0 Å². The lowest BCUT2D eigenvalue weighted by Crippen LogP contribution is -1.88. The summed E-state index contributed by atoms with van der Waals surface area (Å²) in [6, 6.07) is 0.417. The van der Waals surface area contributed by atoms with Crippen LogP contribution in [-0.2, 0) is 0 Å². The Hall–Kier alpha value is -0.590. The zero-order valence-corrected chi connectivity index (χ0v) is 6.68. The lowest BCUT2D eigenvalue weighted by atomic mass is 10.3. The third-order valence-corrected chi connectivity index (χ3v) is 1.03. The summed E-state index contributed by atoms with van der Waals surface area (Å²) in [6.45, 7) is 8.20. The lowest BCUT2D eigenvalue weighted by molar-refractivity contribution is 0.840. The van der Waals surface area contributed by atoms with Crippen LogP contribution in [-0.4, -0.2) is 12.3 Å². The van der Waals surface area contributed by atoms with E-state index in [-0.39, 0.29) is 0 Å². The fraction of sp³-hybridized carbons (Fsp3) is 0.625. The number of aliphatic imine (C=N–C) groups is 1. The van der Waals surface area contributed by atoms with Gasteiger partial charge in [-0.05, 0) is 33.3 Å². The molecule has 0 fully saturated rings. The van der Waals surface area contributed by atoms with Gasteiger partial charge in [-0.3, -0.25) is 4.99 Å². The van der Waals surface area contributed by atoms with E-state index in [0.717, 1.165) is 0 Å². The van der Waals surface area contributed by atoms with Crippen LogP contribution in [0.25, 0.3) is 0 Å². The highest BCUT2D eigenvalue weighted by atomic mass is 14.7. The smallest absolute Gasteiger partial charge is 0.0443 e. The minimum atomic E-state index is 0.417. The minimum Gasteiger partial charge on any atom is -0.290 e. The van der Waals surface area contributed by atoms with Crippen molar-refractivity contribution in [2.75, 3.05) is 0 Å². The van der Waals surface area contributed by atoms with Gasteiger partial charge in [-0.1, -0.05) is 6.08 Å². The molecule has 0 aliphatic rings. The van der Waals surface area contributed by atoms with E-state index in [1.807, 2.05) is 26.1 Å². The van der Waals surface area contributed by atoms with Gasteiger partial charge in [0.1, 0.15) is 0 Å². The first kappa shape index (κ1) is 8.41. The van der Waals surface area contributed by atoms with E-state index < -0.39 is 0 Å². The summed E-state index contributed by atoms with van der Waals surface area (Å²) >= 11 is 0. The summed E-state index contributed by atoms with van der Waals surface area (Å²) in [7, 11) is 0. The van der Waals surface area contributed by atoms with Crippen molar-refractivity contribution in [1.29, 1.82) is 0 Å². The molecule has 0 aliphatic heterocycles. The molecule has 0 heterocycles. The molecular formula is C8H15N. The predicted octanol–water partition coefficient (Wildman–Crippen LogP) is 2.43. The predicted molar refractivity (Wildman–Crippen MR) is 43.1 cm³/mol. The van der Waals surface area contributed by atoms with Crippen LogP contribution in [0.3, 0.4) is 0 Å². The Morgan fingerprint density at radius 3 is 2.33 bits per heavy atom. The Labute approximate surface area is 57.5 Å². The van der Waals surface area contributed by atoms with Crippen LogP contribution < -0.4 is 0 Å². The third-order valence-electron chi connectivity index (χ3n) is 1.03. The maximum atomic E-state index is 4.20. The molecular weight excluding hydrogens is 110 g/mol. The van der Waals surface area contributed by atoms with Gasteiger partial charge in [-0.2, -0.15) is 0 Å². The Morgan fingerprint density at radius 1 is 1.44 bits per heavy atom. The first-order chi connectivity index (χ1) is 4.16. The lowest BCUT2D eigenvalue weighted by Gasteiger charge is -1.93. The number of allylic oxidation sites excluding steroid dienone is 2. The highest BCUT2D eigenvalue weighted by Crippen LogP contribution is 1.89. The van der Waals surface area contributed by atoms with Crippen molar-refractivity contribution in [1.82, 2.24) is 0 Å². The van der Waals surface area contributed by atoms with Crippen molar-refractivity contribution in [3.05, 3.63) is 11.6 Å². The first-order valence-electron chi connectivity index (χ1n) is 3.33. The van der Waals surface area contributed by atoms with Gasteiger partial charge in [0.2, 0.25) is 0 Å². The molecule has 0 unspecified atom stereocenters. The zero-order chi connectivity index (χ0) is 7.28. The van der Waals surface area contributed by atoms with Crippen LogP contribution in [0.1, 0.15) is 27.7 Å². The number of hydrogen-bond acceptors (Lipinski definition) is 1. The molecule has 1 nitrogen and oxygen atoms in total. The summed E-state index contributed by atoms with van der Waals surface area (Å²) in [5, 5.41) is 0. The highest BCUT2D eigenvalue weighted by molar-refractivity contribution is 5.77. The second kappa shape index (κ2) is 4.30. The average molecular weight is 125 g/mol. The SMILES string of the molecule is CC=C(C)C=NC(C)C. The molecule has 0 spiro atoms. The van der Waals surface area contributed by atoms with E-state index in [4.69, 9.17) is 0 Å². The Balaban J connectivity index is 3.71. The third kappa shape index (κ3) is 5.28. The van der Waals surface area contributed by atoms with Gasteiger partial charge in [0.05, 0.1) is 0 Å². The van der Waals surface area contributed by atoms with Gasteiger partial charge in [0, 0.05) is 12.3 Å². The molecule has 0 saturated heterocycles. The van der Waals surface area contributed by atoms with Crippen molar-refractivity contribution in [3.63, 3.8) is 0 Å². The molecule has 0 atom stereocenters. The fourth-order valence-corrected chi connectivity index (χ4v) is 0.341. The molecule has 0 saturated carbocycles. The molecule has 0 rings (SSSR count). The molecule has 0 aromatic rings. The highest BCUT2D eigenvalue weighted by Gasteiger charge is 1.82. The molecule has 0 radical (unpaired) electrons. The molecule has 1 heteroatoms. The topological polar surface area (TPSA) is 12.4 Å². The Kier molecular flexibility index (Phi) is 4.02. The van der Waals surface area contributed by atoms with Crippen molar-refractivity contribution >= 4 is 6.21 Å². The zero-order valence-electron chi connectivity index (χ0n) is 6.68. The minimum absolute atomic E-state index is 0.417. The summed E-state index contributed by atoms with van der Waals surface area (Å²) in [6.07, 6.45) is 3.95. The van der Waals surface area contributed by atoms with E-state index >= 15 is 0 Å². The maximum absolute atomic E-state index is 4.20. The molecule has 52 valence electrons. The van der Waals surface area contributed by atoms with Gasteiger partial charge in [-0.15, -0.1) is 0 Å². The monoisotopic (exact) mass is 125 g/mol. The van der Waals surface area contributed by atoms with Crippen molar-refractivity contribution in [2.45, 2.75) is 33.7 Å². The Bertz CT molecular complexity index is 121. The number of nitrogens with zero attached hydrogens (tertiary/aromatic N) is 1. The van der Waals surface area contributed by atoms with Gasteiger partial charge in [0.15, 0.2) is 0 Å².